The zero-order chi connectivity index (χ0) is 14.7. The van der Waals surface area contributed by atoms with E-state index in [0.29, 0.717) is 12.6 Å². The Labute approximate surface area is 125 Å². The van der Waals surface area contributed by atoms with Crippen molar-refractivity contribution < 1.29 is 4.79 Å². The van der Waals surface area contributed by atoms with Crippen LogP contribution in [0.2, 0.25) is 0 Å². The Morgan fingerprint density at radius 3 is 3.19 bits per heavy atom. The summed E-state index contributed by atoms with van der Waals surface area (Å²) in [5.41, 5.74) is 7.54. The maximum absolute atomic E-state index is 12.0. The van der Waals surface area contributed by atoms with Gasteiger partial charge in [0.15, 0.2) is 0 Å². The van der Waals surface area contributed by atoms with Crippen LogP contribution in [0.4, 0.5) is 0 Å². The van der Waals surface area contributed by atoms with E-state index in [0.717, 1.165) is 25.2 Å². The van der Waals surface area contributed by atoms with Gasteiger partial charge >= 0.3 is 0 Å². The third-order valence-corrected chi connectivity index (χ3v) is 4.53. The van der Waals surface area contributed by atoms with Crippen LogP contribution in [0.3, 0.4) is 0 Å². The van der Waals surface area contributed by atoms with Gasteiger partial charge < -0.3 is 5.32 Å². The number of nitrogens with zero attached hydrogens (tertiary/aromatic N) is 2. The van der Waals surface area contributed by atoms with E-state index in [1.165, 1.54) is 6.42 Å². The second kappa shape index (κ2) is 6.51. The maximum Gasteiger partial charge on any atom is 0.225 e. The average molecular weight is 289 g/mol. The van der Waals surface area contributed by atoms with Gasteiger partial charge in [-0.1, -0.05) is 6.07 Å². The summed E-state index contributed by atoms with van der Waals surface area (Å²) in [5.74, 6) is 0.103. The normalized spacial score (nSPS) is 29.7. The second-order valence-corrected chi connectivity index (χ2v) is 5.77. The molecule has 2 aliphatic heterocycles. The van der Waals surface area contributed by atoms with Crippen molar-refractivity contribution in [2.75, 3.05) is 20.1 Å². The molecule has 2 saturated heterocycles. The molecule has 0 spiro atoms. The van der Waals surface area contributed by atoms with Crippen LogP contribution in [0.15, 0.2) is 24.4 Å². The summed E-state index contributed by atoms with van der Waals surface area (Å²) in [6.45, 7) is 2.61. The number of nitrogens with one attached hydrogen (secondary N) is 3. The summed E-state index contributed by atoms with van der Waals surface area (Å²) in [4.78, 5) is 18.9. The second-order valence-electron chi connectivity index (χ2n) is 5.77. The Bertz CT molecular complexity index is 480. The van der Waals surface area contributed by atoms with E-state index in [2.05, 4.69) is 32.1 Å². The van der Waals surface area contributed by atoms with Crippen LogP contribution < -0.4 is 16.2 Å². The van der Waals surface area contributed by atoms with Crippen LogP contribution in [-0.2, 0) is 11.3 Å². The van der Waals surface area contributed by atoms with Crippen molar-refractivity contribution >= 4 is 5.91 Å². The van der Waals surface area contributed by atoms with Crippen LogP contribution in [0.1, 0.15) is 18.5 Å². The van der Waals surface area contributed by atoms with Gasteiger partial charge in [0, 0.05) is 38.4 Å². The molecule has 3 unspecified atom stereocenters. The molecule has 21 heavy (non-hydrogen) atoms. The predicted octanol–water partition coefficient (Wildman–Crippen LogP) is -0.115. The first-order valence-corrected chi connectivity index (χ1v) is 7.63. The molecule has 0 bridgehead atoms. The Kier molecular flexibility index (Phi) is 4.48. The SMILES string of the molecule is CNC(=O)C1CNNC1C1CCCN1Cc1ccccn1. The molecule has 6 nitrogen and oxygen atoms in total. The molecule has 1 aromatic rings. The van der Waals surface area contributed by atoms with Gasteiger partial charge in [-0.25, -0.2) is 0 Å². The Morgan fingerprint density at radius 1 is 1.52 bits per heavy atom. The topological polar surface area (TPSA) is 69.3 Å². The van der Waals surface area contributed by atoms with Gasteiger partial charge in [-0.3, -0.25) is 25.5 Å². The molecule has 3 heterocycles. The van der Waals surface area contributed by atoms with Gasteiger partial charge in [0.1, 0.15) is 0 Å². The standard InChI is InChI=1S/C15H23N5O/c1-16-15(21)12-9-18-19-14(12)13-6-4-8-20(13)10-11-5-2-3-7-17-11/h2-3,5,7,12-14,18-19H,4,6,8-10H2,1H3,(H,16,21). The summed E-state index contributed by atoms with van der Waals surface area (Å²) >= 11 is 0. The molecule has 0 aliphatic carbocycles. The first-order valence-electron chi connectivity index (χ1n) is 7.63. The lowest BCUT2D eigenvalue weighted by Crippen LogP contribution is -2.50. The van der Waals surface area contributed by atoms with Gasteiger partial charge in [-0.05, 0) is 31.5 Å². The zero-order valence-corrected chi connectivity index (χ0v) is 12.4. The largest absolute Gasteiger partial charge is 0.359 e. The Balaban J connectivity index is 1.70. The molecule has 6 heteroatoms. The average Bonchev–Trinajstić information content (AvgIpc) is 3.16. The van der Waals surface area contributed by atoms with Crippen molar-refractivity contribution in [1.82, 2.24) is 26.1 Å². The quantitative estimate of drug-likeness (QED) is 0.721. The fourth-order valence-corrected chi connectivity index (χ4v) is 3.47. The number of rotatable bonds is 4. The summed E-state index contributed by atoms with van der Waals surface area (Å²) < 4.78 is 0. The molecule has 114 valence electrons. The first-order chi connectivity index (χ1) is 10.3. The van der Waals surface area contributed by atoms with E-state index >= 15 is 0 Å². The van der Waals surface area contributed by atoms with Crippen LogP contribution in [0.5, 0.6) is 0 Å². The molecule has 1 amide bonds. The summed E-state index contributed by atoms with van der Waals surface area (Å²) in [6.07, 6.45) is 4.14. The Hall–Kier alpha value is -1.50. The summed E-state index contributed by atoms with van der Waals surface area (Å²) in [7, 11) is 1.71. The molecule has 3 atom stereocenters. The summed E-state index contributed by atoms with van der Waals surface area (Å²) in [5, 5.41) is 2.78. The first kappa shape index (κ1) is 14.4. The van der Waals surface area contributed by atoms with Crippen molar-refractivity contribution in [2.45, 2.75) is 31.5 Å². The maximum atomic E-state index is 12.0. The number of likely N-dealkylation sites (tertiary alicyclic amines) is 1. The lowest BCUT2D eigenvalue weighted by Gasteiger charge is -2.31. The highest BCUT2D eigenvalue weighted by atomic mass is 16.2. The van der Waals surface area contributed by atoms with E-state index in [4.69, 9.17) is 0 Å². The fourth-order valence-electron chi connectivity index (χ4n) is 3.47. The molecule has 3 N–H and O–H groups in total. The monoisotopic (exact) mass is 289 g/mol. The smallest absolute Gasteiger partial charge is 0.225 e. The molecule has 3 rings (SSSR count). The highest BCUT2D eigenvalue weighted by Crippen LogP contribution is 2.27. The number of carbonyl (C=O) groups is 1. The predicted molar refractivity (Wildman–Crippen MR) is 80.2 cm³/mol. The van der Waals surface area contributed by atoms with Crippen molar-refractivity contribution in [3.8, 4) is 0 Å². The molecule has 0 radical (unpaired) electrons. The minimum atomic E-state index is -0.00988. The van der Waals surface area contributed by atoms with E-state index in [1.807, 2.05) is 18.3 Å². The minimum absolute atomic E-state index is 0.00988. The van der Waals surface area contributed by atoms with Gasteiger partial charge in [0.2, 0.25) is 5.91 Å². The fraction of sp³-hybridized carbons (Fsp3) is 0.600. The molecule has 0 saturated carbocycles. The van der Waals surface area contributed by atoms with Crippen molar-refractivity contribution in [1.29, 1.82) is 0 Å². The van der Waals surface area contributed by atoms with Gasteiger partial charge in [0.05, 0.1) is 11.6 Å². The molecular weight excluding hydrogens is 266 g/mol. The molecule has 1 aromatic heterocycles. The third kappa shape index (κ3) is 3.07. The van der Waals surface area contributed by atoms with Gasteiger partial charge in [-0.2, -0.15) is 0 Å². The van der Waals surface area contributed by atoms with Crippen LogP contribution in [0, 0.1) is 5.92 Å². The molecule has 2 fully saturated rings. The van der Waals surface area contributed by atoms with Crippen LogP contribution in [-0.4, -0.2) is 48.0 Å². The highest BCUT2D eigenvalue weighted by molar-refractivity contribution is 5.79. The Morgan fingerprint density at radius 2 is 2.43 bits per heavy atom. The number of aromatic nitrogens is 1. The zero-order valence-electron chi connectivity index (χ0n) is 12.4. The number of pyridine rings is 1. The summed E-state index contributed by atoms with van der Waals surface area (Å²) in [6, 6.07) is 6.57. The lowest BCUT2D eigenvalue weighted by atomic mass is 9.92. The van der Waals surface area contributed by atoms with Gasteiger partial charge in [0.25, 0.3) is 0 Å². The lowest BCUT2D eigenvalue weighted by molar-refractivity contribution is -0.124. The molecule has 2 aliphatic rings. The minimum Gasteiger partial charge on any atom is -0.359 e. The van der Waals surface area contributed by atoms with Crippen LogP contribution in [0.25, 0.3) is 0 Å². The highest BCUT2D eigenvalue weighted by Gasteiger charge is 2.41. The number of hydrazine groups is 1. The number of hydrogen-bond donors (Lipinski definition) is 3. The number of hydrogen-bond acceptors (Lipinski definition) is 5. The number of amides is 1. The van der Waals surface area contributed by atoms with Crippen LogP contribution >= 0.6 is 0 Å². The third-order valence-electron chi connectivity index (χ3n) is 4.53. The molecule has 0 aromatic carbocycles. The van der Waals surface area contributed by atoms with Crippen molar-refractivity contribution in [3.05, 3.63) is 30.1 Å². The van der Waals surface area contributed by atoms with E-state index in [1.54, 1.807) is 7.05 Å². The van der Waals surface area contributed by atoms with E-state index < -0.39 is 0 Å². The van der Waals surface area contributed by atoms with Gasteiger partial charge in [-0.15, -0.1) is 0 Å². The number of carbonyl (C=O) groups excluding carboxylic acids is 1. The van der Waals surface area contributed by atoms with E-state index in [9.17, 15) is 4.79 Å². The van der Waals surface area contributed by atoms with E-state index in [-0.39, 0.29) is 17.9 Å². The van der Waals surface area contributed by atoms with Crippen molar-refractivity contribution in [2.24, 2.45) is 5.92 Å². The molecular formula is C15H23N5O. The van der Waals surface area contributed by atoms with Crippen molar-refractivity contribution in [3.63, 3.8) is 0 Å².